The zero-order valence-electron chi connectivity index (χ0n) is 11.3. The van der Waals surface area contributed by atoms with Crippen molar-refractivity contribution in [3.05, 3.63) is 0 Å². The van der Waals surface area contributed by atoms with Gasteiger partial charge in [0.15, 0.2) is 0 Å². The molecule has 0 bridgehead atoms. The molecule has 3 nitrogen and oxygen atoms in total. The van der Waals surface area contributed by atoms with Crippen molar-refractivity contribution in [3.63, 3.8) is 0 Å². The minimum Gasteiger partial charge on any atom is -0.309 e. The van der Waals surface area contributed by atoms with Gasteiger partial charge in [0.1, 0.15) is 0 Å². The molecule has 17 heavy (non-hydrogen) atoms. The van der Waals surface area contributed by atoms with Crippen molar-refractivity contribution in [1.82, 2.24) is 0 Å². The van der Waals surface area contributed by atoms with Gasteiger partial charge in [-0.25, -0.2) is 0 Å². The van der Waals surface area contributed by atoms with Gasteiger partial charge in [-0.1, -0.05) is 32.6 Å². The third-order valence-corrected chi connectivity index (χ3v) is 5.40. The predicted octanol–water partition coefficient (Wildman–Crippen LogP) is 4.61. The number of rotatable bonds is 8. The van der Waals surface area contributed by atoms with Gasteiger partial charge in [0.2, 0.25) is 0 Å². The van der Waals surface area contributed by atoms with Gasteiger partial charge in [-0.15, -0.1) is 0 Å². The summed E-state index contributed by atoms with van der Waals surface area (Å²) in [6.07, 6.45) is 8.90. The summed E-state index contributed by atoms with van der Waals surface area (Å²) in [5.41, 5.74) is 0. The Morgan fingerprint density at radius 3 is 2.41 bits per heavy atom. The Morgan fingerprint density at radius 2 is 1.82 bits per heavy atom. The molecule has 0 aromatic heterocycles. The van der Waals surface area contributed by atoms with E-state index in [1.807, 2.05) is 6.92 Å². The standard InChI is InChI=1S/C13H27O3P/c1-3-5-11-17(14,15-4-2)16-12-13-9-7-6-8-10-13/h13H,3-12H2,1-2H3. The summed E-state index contributed by atoms with van der Waals surface area (Å²) in [7, 11) is -2.80. The predicted molar refractivity (Wildman–Crippen MR) is 71.5 cm³/mol. The molecule has 1 rings (SSSR count). The molecular formula is C13H27O3P. The lowest BCUT2D eigenvalue weighted by Gasteiger charge is -2.24. The van der Waals surface area contributed by atoms with Crippen LogP contribution in [0.1, 0.15) is 58.8 Å². The van der Waals surface area contributed by atoms with Crippen LogP contribution in [-0.4, -0.2) is 19.4 Å². The van der Waals surface area contributed by atoms with Crippen molar-refractivity contribution >= 4 is 7.60 Å². The summed E-state index contributed by atoms with van der Waals surface area (Å²) in [4.78, 5) is 0. The summed E-state index contributed by atoms with van der Waals surface area (Å²) in [5.74, 6) is 0.596. The first-order valence-corrected chi connectivity index (χ1v) is 8.81. The highest BCUT2D eigenvalue weighted by Gasteiger charge is 2.25. The molecule has 1 aliphatic rings. The van der Waals surface area contributed by atoms with Crippen molar-refractivity contribution in [2.45, 2.75) is 58.8 Å². The maximum absolute atomic E-state index is 12.4. The Labute approximate surface area is 106 Å². The maximum atomic E-state index is 12.4. The van der Waals surface area contributed by atoms with Gasteiger partial charge in [-0.2, -0.15) is 0 Å². The fourth-order valence-corrected chi connectivity index (χ4v) is 4.16. The topological polar surface area (TPSA) is 35.5 Å². The Morgan fingerprint density at radius 1 is 1.12 bits per heavy atom. The normalized spacial score (nSPS) is 21.3. The highest BCUT2D eigenvalue weighted by Crippen LogP contribution is 2.49. The van der Waals surface area contributed by atoms with Crippen molar-refractivity contribution in [1.29, 1.82) is 0 Å². The molecule has 1 aliphatic carbocycles. The fraction of sp³-hybridized carbons (Fsp3) is 1.00. The van der Waals surface area contributed by atoms with Crippen LogP contribution in [0.25, 0.3) is 0 Å². The average molecular weight is 262 g/mol. The second-order valence-corrected chi connectivity index (χ2v) is 7.09. The molecule has 1 saturated carbocycles. The summed E-state index contributed by atoms with van der Waals surface area (Å²) in [6, 6.07) is 0. The Bertz CT molecular complexity index is 237. The molecule has 0 heterocycles. The van der Waals surface area contributed by atoms with Gasteiger partial charge >= 0.3 is 7.60 Å². The molecule has 102 valence electrons. The first-order chi connectivity index (χ1) is 8.20. The Balaban J connectivity index is 2.34. The van der Waals surface area contributed by atoms with Crippen molar-refractivity contribution in [2.75, 3.05) is 19.4 Å². The van der Waals surface area contributed by atoms with Gasteiger partial charge in [0, 0.05) is 0 Å². The zero-order valence-corrected chi connectivity index (χ0v) is 12.2. The van der Waals surface area contributed by atoms with E-state index < -0.39 is 7.60 Å². The van der Waals surface area contributed by atoms with E-state index in [0.717, 1.165) is 12.8 Å². The minimum atomic E-state index is -2.80. The van der Waals surface area contributed by atoms with Crippen molar-refractivity contribution in [3.8, 4) is 0 Å². The molecule has 0 aromatic carbocycles. The van der Waals surface area contributed by atoms with E-state index in [0.29, 0.717) is 25.3 Å². The molecular weight excluding hydrogens is 235 g/mol. The van der Waals surface area contributed by atoms with Gasteiger partial charge in [-0.05, 0) is 32.1 Å². The first kappa shape index (κ1) is 15.2. The second kappa shape index (κ2) is 8.29. The van der Waals surface area contributed by atoms with E-state index in [1.54, 1.807) is 0 Å². The van der Waals surface area contributed by atoms with Gasteiger partial charge < -0.3 is 9.05 Å². The van der Waals surface area contributed by atoms with E-state index >= 15 is 0 Å². The maximum Gasteiger partial charge on any atom is 0.330 e. The van der Waals surface area contributed by atoms with Crippen LogP contribution in [0.4, 0.5) is 0 Å². The highest BCUT2D eigenvalue weighted by atomic mass is 31.2. The van der Waals surface area contributed by atoms with Crippen LogP contribution >= 0.6 is 7.60 Å². The molecule has 0 saturated heterocycles. The third kappa shape index (κ3) is 6.03. The van der Waals surface area contributed by atoms with E-state index in [-0.39, 0.29) is 0 Å². The quantitative estimate of drug-likeness (QED) is 0.599. The van der Waals surface area contributed by atoms with E-state index in [9.17, 15) is 4.57 Å². The first-order valence-electron chi connectivity index (χ1n) is 7.08. The van der Waals surface area contributed by atoms with Crippen LogP contribution < -0.4 is 0 Å². The summed E-state index contributed by atoms with van der Waals surface area (Å²) >= 11 is 0. The molecule has 0 radical (unpaired) electrons. The van der Waals surface area contributed by atoms with Crippen LogP contribution in [0.2, 0.25) is 0 Å². The zero-order chi connectivity index (χ0) is 12.6. The molecule has 0 N–H and O–H groups in total. The number of unbranched alkanes of at least 4 members (excludes halogenated alkanes) is 1. The summed E-state index contributed by atoms with van der Waals surface area (Å²) in [5, 5.41) is 0. The van der Waals surface area contributed by atoms with Crippen LogP contribution in [0.3, 0.4) is 0 Å². The van der Waals surface area contributed by atoms with Crippen molar-refractivity contribution in [2.24, 2.45) is 5.92 Å². The summed E-state index contributed by atoms with van der Waals surface area (Å²) < 4.78 is 23.4. The van der Waals surface area contributed by atoms with E-state index in [4.69, 9.17) is 9.05 Å². The lowest BCUT2D eigenvalue weighted by molar-refractivity contribution is 0.164. The van der Waals surface area contributed by atoms with Gasteiger partial charge in [-0.3, -0.25) is 4.57 Å². The molecule has 0 aromatic rings. The van der Waals surface area contributed by atoms with Gasteiger partial charge in [0.25, 0.3) is 0 Å². The SMILES string of the molecule is CCCCP(=O)(OCC)OCC1CCCCC1. The fourth-order valence-electron chi connectivity index (χ4n) is 2.29. The average Bonchev–Trinajstić information content (AvgIpc) is 2.36. The van der Waals surface area contributed by atoms with Gasteiger partial charge in [0.05, 0.1) is 19.4 Å². The molecule has 4 heteroatoms. The van der Waals surface area contributed by atoms with Crippen LogP contribution in [0.15, 0.2) is 0 Å². The van der Waals surface area contributed by atoms with E-state index in [2.05, 4.69) is 6.92 Å². The molecule has 0 aliphatic heterocycles. The highest BCUT2D eigenvalue weighted by molar-refractivity contribution is 7.53. The molecule has 1 fully saturated rings. The van der Waals surface area contributed by atoms with Crippen molar-refractivity contribution < 1.29 is 13.6 Å². The molecule has 1 unspecified atom stereocenters. The second-order valence-electron chi connectivity index (χ2n) is 4.91. The number of hydrogen-bond acceptors (Lipinski definition) is 3. The Kier molecular flexibility index (Phi) is 7.41. The smallest absolute Gasteiger partial charge is 0.309 e. The van der Waals surface area contributed by atoms with E-state index in [1.165, 1.54) is 32.1 Å². The lowest BCUT2D eigenvalue weighted by Crippen LogP contribution is -2.14. The van der Waals surface area contributed by atoms with Crippen LogP contribution in [0.5, 0.6) is 0 Å². The molecule has 0 spiro atoms. The third-order valence-electron chi connectivity index (χ3n) is 3.34. The molecule has 0 amide bonds. The Hall–Kier alpha value is 0.150. The van der Waals surface area contributed by atoms with Crippen LogP contribution in [-0.2, 0) is 13.6 Å². The minimum absolute atomic E-state index is 0.478. The monoisotopic (exact) mass is 262 g/mol. The molecule has 1 atom stereocenters. The largest absolute Gasteiger partial charge is 0.330 e. The summed E-state index contributed by atoms with van der Waals surface area (Å²) in [6.45, 7) is 5.08. The lowest BCUT2D eigenvalue weighted by atomic mass is 9.90. The number of hydrogen-bond donors (Lipinski definition) is 0. The van der Waals surface area contributed by atoms with Crippen LogP contribution in [0, 0.1) is 5.92 Å².